The quantitative estimate of drug-likeness (QED) is 0.221. The van der Waals surface area contributed by atoms with E-state index in [-0.39, 0.29) is 5.78 Å². The highest BCUT2D eigenvalue weighted by Gasteiger charge is 2.10. The van der Waals surface area contributed by atoms with Gasteiger partial charge in [0.25, 0.3) is 5.91 Å². The predicted octanol–water partition coefficient (Wildman–Crippen LogP) is 6.17. The molecule has 0 aliphatic rings. The Morgan fingerprint density at radius 2 is 1.13 bits per heavy atom. The highest BCUT2D eigenvalue weighted by atomic mass is 16.4. The lowest BCUT2D eigenvalue weighted by Crippen LogP contribution is -2.29. The van der Waals surface area contributed by atoms with Gasteiger partial charge in [-0.05, 0) is 18.6 Å². The molecule has 1 aromatic rings. The van der Waals surface area contributed by atoms with E-state index in [4.69, 9.17) is 5.11 Å². The fourth-order valence-corrected chi connectivity index (χ4v) is 3.51. The van der Waals surface area contributed by atoms with Crippen molar-refractivity contribution in [2.45, 2.75) is 96.8 Å². The third-order valence-corrected chi connectivity index (χ3v) is 5.38. The smallest absolute Gasteiger partial charge is 0.322 e. The number of carboxylic acid groups (broad SMARTS) is 1. The van der Waals surface area contributed by atoms with E-state index in [0.717, 1.165) is 12.8 Å². The first-order valence-corrected chi connectivity index (χ1v) is 11.7. The third kappa shape index (κ3) is 12.4. The molecule has 30 heavy (non-hydrogen) atoms. The number of ketones is 1. The summed E-state index contributed by atoms with van der Waals surface area (Å²) < 4.78 is 0. The zero-order valence-electron chi connectivity index (χ0n) is 18.6. The Labute approximate surface area is 181 Å². The number of carboxylic acids is 1. The molecule has 2 N–H and O–H groups in total. The zero-order chi connectivity index (χ0) is 22.0. The lowest BCUT2D eigenvalue weighted by atomic mass is 10.0. The van der Waals surface area contributed by atoms with Crippen molar-refractivity contribution in [1.29, 1.82) is 0 Å². The Hall–Kier alpha value is -2.17. The molecule has 0 radical (unpaired) electrons. The van der Waals surface area contributed by atoms with Gasteiger partial charge in [0.2, 0.25) is 0 Å². The summed E-state index contributed by atoms with van der Waals surface area (Å²) in [7, 11) is 0. The van der Waals surface area contributed by atoms with Gasteiger partial charge >= 0.3 is 5.97 Å². The normalized spacial score (nSPS) is 10.7. The van der Waals surface area contributed by atoms with Crippen LogP contribution in [-0.2, 0) is 4.79 Å². The molecule has 168 valence electrons. The average molecular weight is 418 g/mol. The fourth-order valence-electron chi connectivity index (χ4n) is 3.51. The lowest BCUT2D eigenvalue weighted by Gasteiger charge is -2.05. The van der Waals surface area contributed by atoms with Crippen molar-refractivity contribution in [1.82, 2.24) is 5.32 Å². The summed E-state index contributed by atoms with van der Waals surface area (Å²) in [5.74, 6) is -1.45. The van der Waals surface area contributed by atoms with Gasteiger partial charge in [0.15, 0.2) is 5.78 Å². The summed E-state index contributed by atoms with van der Waals surface area (Å²) in [5.41, 5.74) is 0.956. The van der Waals surface area contributed by atoms with E-state index in [9.17, 15) is 14.4 Å². The molecule has 0 bridgehead atoms. The molecule has 5 nitrogen and oxygen atoms in total. The monoisotopic (exact) mass is 417 g/mol. The molecule has 0 heterocycles. The maximum absolute atomic E-state index is 12.3. The van der Waals surface area contributed by atoms with E-state index < -0.39 is 18.4 Å². The summed E-state index contributed by atoms with van der Waals surface area (Å²) in [6.07, 6.45) is 17.2. The number of amides is 1. The number of carbonyl (C=O) groups excluding carboxylic acids is 2. The molecule has 0 fully saturated rings. The lowest BCUT2D eigenvalue weighted by molar-refractivity contribution is -0.135. The zero-order valence-corrected chi connectivity index (χ0v) is 18.6. The number of hydrogen-bond donors (Lipinski definition) is 2. The first-order chi connectivity index (χ1) is 14.5. The SMILES string of the molecule is CCCCCCCCCCCCCCCC(=O)c1ccc(C(=O)NCC(=O)O)cc1. The minimum absolute atomic E-state index is 0.0931. The largest absolute Gasteiger partial charge is 0.480 e. The average Bonchev–Trinajstić information content (AvgIpc) is 2.75. The standard InChI is InChI=1S/C25H39NO4/c1-2-3-4-5-6-7-8-9-10-11-12-13-14-15-23(27)21-16-18-22(19-17-21)25(30)26-20-24(28)29/h16-19H,2-15,20H2,1H3,(H,26,30)(H,28,29). The van der Waals surface area contributed by atoms with E-state index in [1.54, 1.807) is 24.3 Å². The van der Waals surface area contributed by atoms with E-state index in [0.29, 0.717) is 17.5 Å². The number of nitrogens with one attached hydrogen (secondary N) is 1. The second-order valence-electron chi connectivity index (χ2n) is 8.07. The molecule has 1 amide bonds. The molecule has 0 unspecified atom stereocenters. The van der Waals surface area contributed by atoms with Crippen LogP contribution in [0.3, 0.4) is 0 Å². The van der Waals surface area contributed by atoms with Gasteiger partial charge in [0, 0.05) is 17.5 Å². The van der Waals surface area contributed by atoms with Gasteiger partial charge in [0.1, 0.15) is 6.54 Å². The summed E-state index contributed by atoms with van der Waals surface area (Å²) in [5, 5.41) is 10.9. The van der Waals surface area contributed by atoms with Crippen LogP contribution in [0.4, 0.5) is 0 Å². The van der Waals surface area contributed by atoms with E-state index >= 15 is 0 Å². The first kappa shape index (κ1) is 25.9. The highest BCUT2D eigenvalue weighted by Crippen LogP contribution is 2.14. The van der Waals surface area contributed by atoms with Gasteiger partial charge in [0.05, 0.1) is 0 Å². The Balaban J connectivity index is 2.06. The van der Waals surface area contributed by atoms with Gasteiger partial charge in [-0.2, -0.15) is 0 Å². The van der Waals surface area contributed by atoms with Crippen molar-refractivity contribution in [2.75, 3.05) is 6.54 Å². The molecular formula is C25H39NO4. The Morgan fingerprint density at radius 1 is 0.700 bits per heavy atom. The maximum atomic E-state index is 12.3. The fraction of sp³-hybridized carbons (Fsp3) is 0.640. The van der Waals surface area contributed by atoms with E-state index in [1.165, 1.54) is 70.6 Å². The minimum Gasteiger partial charge on any atom is -0.480 e. The Kier molecular flexibility index (Phi) is 14.3. The highest BCUT2D eigenvalue weighted by molar-refractivity contribution is 5.99. The number of hydrogen-bond acceptors (Lipinski definition) is 3. The molecule has 1 aromatic carbocycles. The van der Waals surface area contributed by atoms with Crippen LogP contribution in [0.2, 0.25) is 0 Å². The topological polar surface area (TPSA) is 83.5 Å². The molecule has 1 rings (SSSR count). The van der Waals surface area contributed by atoms with Crippen molar-refractivity contribution in [3.8, 4) is 0 Å². The number of aliphatic carboxylic acids is 1. The van der Waals surface area contributed by atoms with Crippen molar-refractivity contribution >= 4 is 17.7 Å². The van der Waals surface area contributed by atoms with E-state index in [2.05, 4.69) is 12.2 Å². The van der Waals surface area contributed by atoms with Gasteiger partial charge in [-0.25, -0.2) is 0 Å². The number of benzene rings is 1. The molecule has 0 saturated heterocycles. The second-order valence-corrected chi connectivity index (χ2v) is 8.07. The van der Waals surface area contributed by atoms with Gasteiger partial charge < -0.3 is 10.4 Å². The molecule has 0 aliphatic heterocycles. The van der Waals surface area contributed by atoms with Crippen LogP contribution in [-0.4, -0.2) is 29.3 Å². The predicted molar refractivity (Wildman–Crippen MR) is 121 cm³/mol. The van der Waals surface area contributed by atoms with Crippen molar-refractivity contribution < 1.29 is 19.5 Å². The van der Waals surface area contributed by atoms with Gasteiger partial charge in [-0.3, -0.25) is 14.4 Å². The number of Topliss-reactive ketones (excluding diaryl/α,β-unsaturated/α-hetero) is 1. The third-order valence-electron chi connectivity index (χ3n) is 5.38. The van der Waals surface area contributed by atoms with Crippen LogP contribution in [0.5, 0.6) is 0 Å². The number of unbranched alkanes of at least 4 members (excludes halogenated alkanes) is 12. The van der Waals surface area contributed by atoms with Crippen LogP contribution >= 0.6 is 0 Å². The van der Waals surface area contributed by atoms with Crippen LogP contribution in [0.15, 0.2) is 24.3 Å². The summed E-state index contributed by atoms with van der Waals surface area (Å²) in [4.78, 5) is 34.5. The van der Waals surface area contributed by atoms with Crippen LogP contribution in [0.25, 0.3) is 0 Å². The molecule has 5 heteroatoms. The minimum atomic E-state index is -1.09. The number of carbonyl (C=O) groups is 3. The van der Waals surface area contributed by atoms with Crippen LogP contribution in [0.1, 0.15) is 118 Å². The summed E-state index contributed by atoms with van der Waals surface area (Å²) in [6.45, 7) is 1.83. The van der Waals surface area contributed by atoms with Gasteiger partial charge in [-0.1, -0.05) is 96.1 Å². The maximum Gasteiger partial charge on any atom is 0.322 e. The van der Waals surface area contributed by atoms with Gasteiger partial charge in [-0.15, -0.1) is 0 Å². The molecule has 0 saturated carbocycles. The van der Waals surface area contributed by atoms with Crippen LogP contribution < -0.4 is 5.32 Å². The number of rotatable bonds is 18. The van der Waals surface area contributed by atoms with E-state index in [1.807, 2.05) is 0 Å². The first-order valence-electron chi connectivity index (χ1n) is 11.7. The Morgan fingerprint density at radius 3 is 1.60 bits per heavy atom. The van der Waals surface area contributed by atoms with Crippen LogP contribution in [0, 0.1) is 0 Å². The molecule has 0 atom stereocenters. The molecular weight excluding hydrogens is 378 g/mol. The summed E-state index contributed by atoms with van der Waals surface area (Å²) >= 11 is 0. The van der Waals surface area contributed by atoms with Crippen molar-refractivity contribution in [3.63, 3.8) is 0 Å². The molecule has 0 spiro atoms. The van der Waals surface area contributed by atoms with Crippen molar-refractivity contribution in [3.05, 3.63) is 35.4 Å². The molecule has 0 aliphatic carbocycles. The summed E-state index contributed by atoms with van der Waals surface area (Å²) in [6, 6.07) is 6.41. The second kappa shape index (κ2) is 16.6. The van der Waals surface area contributed by atoms with Crippen molar-refractivity contribution in [2.24, 2.45) is 0 Å². The molecule has 0 aromatic heterocycles. The Bertz CT molecular complexity index is 625.